The Morgan fingerprint density at radius 3 is 1.85 bits per heavy atom. The molecule has 0 saturated heterocycles. The first-order valence-electron chi connectivity index (χ1n) is 17.0. The molecule has 0 bridgehead atoms. The second-order valence-electron chi connectivity index (χ2n) is 14.3. The number of aromatic nitrogens is 3. The number of amides is 2. The predicted octanol–water partition coefficient (Wildman–Crippen LogP) is 10.7. The van der Waals surface area contributed by atoms with Crippen molar-refractivity contribution in [3.8, 4) is 22.5 Å². The summed E-state index contributed by atoms with van der Waals surface area (Å²) in [4.78, 5) is 27.6. The number of fused-ring (bicyclic) bond motifs is 2. The monoisotopic (exact) mass is 732 g/mol. The molecule has 0 fully saturated rings. The minimum Gasteiger partial charge on any atom is -0.370 e. The van der Waals surface area contributed by atoms with E-state index in [1.807, 2.05) is 12.1 Å². The van der Waals surface area contributed by atoms with Crippen molar-refractivity contribution in [3.05, 3.63) is 120 Å². The second kappa shape index (κ2) is 14.2. The van der Waals surface area contributed by atoms with Crippen LogP contribution in [0.2, 0.25) is 0 Å². The zero-order valence-corrected chi connectivity index (χ0v) is 29.5. The molecule has 2 aliphatic heterocycles. The highest BCUT2D eigenvalue weighted by Gasteiger charge is 2.36. The molecule has 5 aromatic rings. The van der Waals surface area contributed by atoms with Crippen molar-refractivity contribution >= 4 is 23.4 Å². The van der Waals surface area contributed by atoms with Crippen molar-refractivity contribution in [2.24, 2.45) is 0 Å². The molecule has 13 heteroatoms. The van der Waals surface area contributed by atoms with Crippen LogP contribution >= 0.6 is 0 Å². The van der Waals surface area contributed by atoms with Gasteiger partial charge in [-0.05, 0) is 72.2 Å². The SMILES string of the molecule is CC1(C)CCN(C(=O)Nc2ccncc2)c2nc(-c3cccc(C(F)(F)F)c3)ccc21.CC1(C)CCNc2nc(-c3cccc(C(F)(F)F)c3)ccc21. The Morgan fingerprint density at radius 1 is 0.717 bits per heavy atom. The molecule has 7 nitrogen and oxygen atoms in total. The first kappa shape index (κ1) is 37.3. The van der Waals surface area contributed by atoms with E-state index < -0.39 is 23.5 Å². The maximum Gasteiger partial charge on any atom is 0.416 e. The van der Waals surface area contributed by atoms with E-state index in [1.54, 1.807) is 48.8 Å². The van der Waals surface area contributed by atoms with Gasteiger partial charge in [-0.2, -0.15) is 26.3 Å². The number of urea groups is 1. The number of carbonyl (C=O) groups is 1. The van der Waals surface area contributed by atoms with Gasteiger partial charge in [-0.3, -0.25) is 9.88 Å². The molecule has 2 amide bonds. The number of halogens is 6. The average molecular weight is 733 g/mol. The van der Waals surface area contributed by atoms with Gasteiger partial charge in [-0.1, -0.05) is 64.1 Å². The number of carbonyl (C=O) groups excluding carboxylic acids is 1. The molecular formula is C40H38F6N6O. The van der Waals surface area contributed by atoms with E-state index in [2.05, 4.69) is 53.3 Å². The minimum atomic E-state index is -4.44. The fourth-order valence-corrected chi connectivity index (χ4v) is 6.44. The van der Waals surface area contributed by atoms with E-state index in [1.165, 1.54) is 17.0 Å². The summed E-state index contributed by atoms with van der Waals surface area (Å²) in [5.41, 5.74) is 2.74. The van der Waals surface area contributed by atoms with Gasteiger partial charge >= 0.3 is 18.4 Å². The first-order chi connectivity index (χ1) is 24.9. The van der Waals surface area contributed by atoms with E-state index in [9.17, 15) is 31.1 Å². The summed E-state index contributed by atoms with van der Waals surface area (Å²) >= 11 is 0. The fourth-order valence-electron chi connectivity index (χ4n) is 6.44. The Balaban J connectivity index is 0.000000192. The molecule has 276 valence electrons. The van der Waals surface area contributed by atoms with Crippen LogP contribution in [-0.2, 0) is 23.2 Å². The second-order valence-corrected chi connectivity index (χ2v) is 14.3. The normalized spacial score (nSPS) is 15.9. The molecule has 3 aromatic heterocycles. The zero-order chi connectivity index (χ0) is 38.2. The number of nitrogens with one attached hydrogen (secondary N) is 2. The lowest BCUT2D eigenvalue weighted by Gasteiger charge is -2.38. The Bertz CT molecular complexity index is 2110. The van der Waals surface area contributed by atoms with Crippen LogP contribution in [-0.4, -0.2) is 34.1 Å². The van der Waals surface area contributed by atoms with Crippen molar-refractivity contribution in [1.82, 2.24) is 15.0 Å². The molecule has 0 radical (unpaired) electrons. The summed E-state index contributed by atoms with van der Waals surface area (Å²) in [6, 6.07) is 20.6. The average Bonchev–Trinajstić information content (AvgIpc) is 3.11. The Labute approximate surface area is 303 Å². The molecule has 2 N–H and O–H groups in total. The molecule has 2 aliphatic rings. The van der Waals surface area contributed by atoms with Gasteiger partial charge in [0, 0.05) is 53.4 Å². The van der Waals surface area contributed by atoms with Crippen LogP contribution in [0.4, 0.5) is 48.5 Å². The number of hydrogen-bond acceptors (Lipinski definition) is 5. The molecule has 5 heterocycles. The van der Waals surface area contributed by atoms with Crippen LogP contribution in [0.15, 0.2) is 97.3 Å². The molecule has 0 spiro atoms. The smallest absolute Gasteiger partial charge is 0.370 e. The van der Waals surface area contributed by atoms with Crippen LogP contribution < -0.4 is 15.5 Å². The third kappa shape index (κ3) is 8.29. The van der Waals surface area contributed by atoms with Gasteiger partial charge in [0.05, 0.1) is 22.5 Å². The van der Waals surface area contributed by atoms with E-state index in [4.69, 9.17) is 0 Å². The summed E-state index contributed by atoms with van der Waals surface area (Å²) in [6.45, 7) is 9.69. The summed E-state index contributed by atoms with van der Waals surface area (Å²) in [5, 5.41) is 6.07. The number of alkyl halides is 6. The topological polar surface area (TPSA) is 83.0 Å². The molecule has 0 aliphatic carbocycles. The van der Waals surface area contributed by atoms with Crippen LogP contribution in [0.5, 0.6) is 0 Å². The highest BCUT2D eigenvalue weighted by atomic mass is 19.4. The van der Waals surface area contributed by atoms with E-state index in [0.717, 1.165) is 60.6 Å². The van der Waals surface area contributed by atoms with Gasteiger partial charge in [-0.15, -0.1) is 0 Å². The standard InChI is InChI=1S/C23H21F3N4O.C17H17F3N2/c1-22(2)10-13-30(21(31)28-17-8-11-27-12-9-17)20-18(22)6-7-19(29-20)15-4-3-5-16(14-15)23(24,25)26;1-16(2)8-9-21-15-13(16)6-7-14(22-15)11-4-3-5-12(10-11)17(18,19)20/h3-9,11-12,14H,10,13H2,1-2H3,(H,27,28,31);3-7,10H,8-9H2,1-2H3,(H,21,22). The maximum atomic E-state index is 13.1. The van der Waals surface area contributed by atoms with Crippen LogP contribution in [0, 0.1) is 0 Å². The quantitative estimate of drug-likeness (QED) is 0.181. The van der Waals surface area contributed by atoms with Crippen molar-refractivity contribution < 1.29 is 31.1 Å². The molecule has 7 rings (SSSR count). The fraction of sp³-hybridized carbons (Fsp3) is 0.300. The minimum absolute atomic E-state index is 0.0277. The summed E-state index contributed by atoms with van der Waals surface area (Å²) < 4.78 is 77.9. The van der Waals surface area contributed by atoms with Crippen molar-refractivity contribution in [2.45, 2.75) is 63.7 Å². The van der Waals surface area contributed by atoms with Gasteiger partial charge in [0.2, 0.25) is 0 Å². The van der Waals surface area contributed by atoms with Crippen molar-refractivity contribution in [2.75, 3.05) is 28.6 Å². The van der Waals surface area contributed by atoms with Crippen molar-refractivity contribution in [3.63, 3.8) is 0 Å². The van der Waals surface area contributed by atoms with Crippen LogP contribution in [0.1, 0.15) is 62.8 Å². The number of hydrogen-bond donors (Lipinski definition) is 2. The van der Waals surface area contributed by atoms with E-state index in [-0.39, 0.29) is 16.9 Å². The Morgan fingerprint density at radius 2 is 1.26 bits per heavy atom. The number of rotatable bonds is 3. The van der Waals surface area contributed by atoms with Gasteiger partial charge < -0.3 is 10.6 Å². The highest BCUT2D eigenvalue weighted by Crippen LogP contribution is 2.41. The highest BCUT2D eigenvalue weighted by molar-refractivity contribution is 6.02. The summed E-state index contributed by atoms with van der Waals surface area (Å²) in [5.74, 6) is 1.23. The number of nitrogens with zero attached hydrogens (tertiary/aromatic N) is 4. The molecule has 0 saturated carbocycles. The molecule has 0 unspecified atom stereocenters. The lowest BCUT2D eigenvalue weighted by Crippen LogP contribution is -2.43. The molecule has 0 atom stereocenters. The Kier molecular flexibility index (Phi) is 9.97. The van der Waals surface area contributed by atoms with Gasteiger partial charge in [-0.25, -0.2) is 14.8 Å². The summed E-state index contributed by atoms with van der Waals surface area (Å²) in [7, 11) is 0. The van der Waals surface area contributed by atoms with E-state index >= 15 is 0 Å². The van der Waals surface area contributed by atoms with E-state index in [0.29, 0.717) is 40.6 Å². The molecule has 2 aromatic carbocycles. The number of benzene rings is 2. The number of anilines is 3. The first-order valence-corrected chi connectivity index (χ1v) is 17.0. The van der Waals surface area contributed by atoms with Crippen LogP contribution in [0.3, 0.4) is 0 Å². The summed E-state index contributed by atoms with van der Waals surface area (Å²) in [6.07, 6.45) is -3.90. The molecule has 53 heavy (non-hydrogen) atoms. The van der Waals surface area contributed by atoms with Gasteiger partial charge in [0.25, 0.3) is 0 Å². The third-order valence-corrected chi connectivity index (χ3v) is 9.64. The van der Waals surface area contributed by atoms with Gasteiger partial charge in [0.15, 0.2) is 0 Å². The largest absolute Gasteiger partial charge is 0.416 e. The number of pyridine rings is 3. The van der Waals surface area contributed by atoms with Crippen molar-refractivity contribution in [1.29, 1.82) is 0 Å². The molecular weight excluding hydrogens is 694 g/mol. The lowest BCUT2D eigenvalue weighted by atomic mass is 9.79. The Hall–Kier alpha value is -5.46. The lowest BCUT2D eigenvalue weighted by molar-refractivity contribution is -0.138. The maximum absolute atomic E-state index is 13.1. The third-order valence-electron chi connectivity index (χ3n) is 9.64. The zero-order valence-electron chi connectivity index (χ0n) is 29.5. The van der Waals surface area contributed by atoms with Crippen LogP contribution in [0.25, 0.3) is 22.5 Å². The van der Waals surface area contributed by atoms with Gasteiger partial charge in [0.1, 0.15) is 11.6 Å². The predicted molar refractivity (Wildman–Crippen MR) is 194 cm³/mol.